The molecule has 0 bridgehead atoms. The molecule has 2 N–H and O–H groups in total. The van der Waals surface area contributed by atoms with Crippen molar-refractivity contribution in [2.45, 2.75) is 13.3 Å². The van der Waals surface area contributed by atoms with Gasteiger partial charge in [0.2, 0.25) is 0 Å². The number of anilines is 1. The van der Waals surface area contributed by atoms with Gasteiger partial charge in [0.25, 0.3) is 0 Å². The fourth-order valence-corrected chi connectivity index (χ4v) is 2.60. The van der Waals surface area contributed by atoms with Gasteiger partial charge >= 0.3 is 0 Å². The Bertz CT molecular complexity index is 707. The Morgan fingerprint density at radius 3 is 2.56 bits per heavy atom. The number of nitrogens with one attached hydrogen (secondary N) is 2. The maximum atomic E-state index is 5.64. The normalized spacial score (nSPS) is 10.0. The van der Waals surface area contributed by atoms with Gasteiger partial charge in [-0.15, -0.1) is 0 Å². The van der Waals surface area contributed by atoms with Crippen molar-refractivity contribution in [3.05, 3.63) is 48.0 Å². The first kappa shape index (κ1) is 18.9. The number of hydrogen-bond acceptors (Lipinski definition) is 4. The summed E-state index contributed by atoms with van der Waals surface area (Å²) in [5.41, 5.74) is 1.94. The minimum Gasteiger partial charge on any atom is -0.497 e. The van der Waals surface area contributed by atoms with Crippen LogP contribution in [-0.2, 0) is 6.42 Å². The van der Waals surface area contributed by atoms with Crippen molar-refractivity contribution in [1.82, 2.24) is 5.32 Å². The van der Waals surface area contributed by atoms with Crippen molar-refractivity contribution in [3.63, 3.8) is 0 Å². The van der Waals surface area contributed by atoms with Crippen LogP contribution in [0.1, 0.15) is 12.5 Å². The molecule has 25 heavy (non-hydrogen) atoms. The van der Waals surface area contributed by atoms with E-state index in [1.54, 1.807) is 14.2 Å². The lowest BCUT2D eigenvalue weighted by Gasteiger charge is -2.15. The zero-order chi connectivity index (χ0) is 18.1. The highest BCUT2D eigenvalue weighted by atomic mass is 32.1. The van der Waals surface area contributed by atoms with E-state index in [1.165, 1.54) is 0 Å². The quantitative estimate of drug-likeness (QED) is 0.701. The number of hydrogen-bond donors (Lipinski definition) is 2. The molecule has 0 spiro atoms. The van der Waals surface area contributed by atoms with Gasteiger partial charge in [0.15, 0.2) is 5.11 Å². The average molecular weight is 360 g/mol. The molecule has 0 aliphatic carbocycles. The van der Waals surface area contributed by atoms with Crippen LogP contribution in [0.3, 0.4) is 0 Å². The third-order valence-electron chi connectivity index (χ3n) is 3.61. The first-order valence-corrected chi connectivity index (χ1v) is 8.56. The molecule has 134 valence electrons. The lowest BCUT2D eigenvalue weighted by molar-refractivity contribution is 0.336. The molecule has 5 nitrogen and oxygen atoms in total. The molecule has 0 unspecified atom stereocenters. The Morgan fingerprint density at radius 1 is 1.04 bits per heavy atom. The van der Waals surface area contributed by atoms with Crippen molar-refractivity contribution < 1.29 is 14.2 Å². The zero-order valence-electron chi connectivity index (χ0n) is 14.8. The fourth-order valence-electron chi connectivity index (χ4n) is 2.39. The Balaban J connectivity index is 1.89. The standard InChI is InChI=1S/C19H24N2O3S/c1-4-24-17-8-6-5-7-14(17)11-12-20-19(25)21-16-10-9-15(22-2)13-18(16)23-3/h5-10,13H,4,11-12H2,1-3H3,(H2,20,21,25). The highest BCUT2D eigenvalue weighted by molar-refractivity contribution is 7.80. The smallest absolute Gasteiger partial charge is 0.170 e. The minimum atomic E-state index is 0.539. The van der Waals surface area contributed by atoms with Gasteiger partial charge in [0.05, 0.1) is 26.5 Å². The Labute approximate surface area is 154 Å². The third-order valence-corrected chi connectivity index (χ3v) is 3.86. The zero-order valence-corrected chi connectivity index (χ0v) is 15.6. The Hall–Kier alpha value is -2.47. The summed E-state index contributed by atoms with van der Waals surface area (Å²) in [6, 6.07) is 13.6. The van der Waals surface area contributed by atoms with Gasteiger partial charge in [-0.3, -0.25) is 0 Å². The molecule has 6 heteroatoms. The van der Waals surface area contributed by atoms with E-state index in [9.17, 15) is 0 Å². The van der Waals surface area contributed by atoms with Crippen LogP contribution in [0.4, 0.5) is 5.69 Å². The molecule has 0 aliphatic rings. The van der Waals surface area contributed by atoms with Gasteiger partial charge in [-0.2, -0.15) is 0 Å². The lowest BCUT2D eigenvalue weighted by atomic mass is 10.1. The van der Waals surface area contributed by atoms with E-state index in [0.717, 1.165) is 29.2 Å². The monoisotopic (exact) mass is 360 g/mol. The van der Waals surface area contributed by atoms with Gasteiger partial charge in [0, 0.05) is 12.6 Å². The molecule has 0 saturated heterocycles. The van der Waals surface area contributed by atoms with Crippen LogP contribution >= 0.6 is 12.2 Å². The van der Waals surface area contributed by atoms with Gasteiger partial charge in [-0.05, 0) is 49.3 Å². The molecule has 2 rings (SSSR count). The van der Waals surface area contributed by atoms with Crippen LogP contribution in [0.25, 0.3) is 0 Å². The molecule has 0 radical (unpaired) electrons. The predicted molar refractivity (Wildman–Crippen MR) is 105 cm³/mol. The third kappa shape index (κ3) is 5.53. The number of para-hydroxylation sites is 1. The average Bonchev–Trinajstić information content (AvgIpc) is 2.63. The number of benzene rings is 2. The van der Waals surface area contributed by atoms with E-state index < -0.39 is 0 Å². The Kier molecular flexibility index (Phi) is 7.35. The SMILES string of the molecule is CCOc1ccccc1CCNC(=S)Nc1ccc(OC)cc1OC. The van der Waals surface area contributed by atoms with Crippen LogP contribution < -0.4 is 24.8 Å². The highest BCUT2D eigenvalue weighted by Gasteiger charge is 2.07. The number of thiocarbonyl (C=S) groups is 1. The molecule has 0 saturated carbocycles. The predicted octanol–water partition coefficient (Wildman–Crippen LogP) is 3.63. The summed E-state index contributed by atoms with van der Waals surface area (Å²) in [7, 11) is 3.23. The summed E-state index contributed by atoms with van der Waals surface area (Å²) in [6.07, 6.45) is 0.817. The molecule has 0 fully saturated rings. The molecular formula is C19H24N2O3S. The first-order valence-electron chi connectivity index (χ1n) is 8.15. The summed E-state index contributed by atoms with van der Waals surface area (Å²) < 4.78 is 16.2. The molecule has 0 aromatic heterocycles. The largest absolute Gasteiger partial charge is 0.497 e. The maximum Gasteiger partial charge on any atom is 0.170 e. The summed E-state index contributed by atoms with van der Waals surface area (Å²) in [5, 5.41) is 6.89. The number of ether oxygens (including phenoxy) is 3. The van der Waals surface area contributed by atoms with Crippen molar-refractivity contribution in [3.8, 4) is 17.2 Å². The van der Waals surface area contributed by atoms with E-state index >= 15 is 0 Å². The van der Waals surface area contributed by atoms with Crippen LogP contribution in [0.5, 0.6) is 17.2 Å². The molecule has 0 atom stereocenters. The van der Waals surface area contributed by atoms with E-state index in [2.05, 4.69) is 16.7 Å². The molecule has 0 amide bonds. The fraction of sp³-hybridized carbons (Fsp3) is 0.316. The summed E-state index contributed by atoms with van der Waals surface area (Å²) in [6.45, 7) is 3.34. The number of rotatable bonds is 8. The summed E-state index contributed by atoms with van der Waals surface area (Å²) in [5.74, 6) is 2.32. The van der Waals surface area contributed by atoms with Crippen LogP contribution in [-0.4, -0.2) is 32.5 Å². The van der Waals surface area contributed by atoms with E-state index in [0.29, 0.717) is 24.0 Å². The Morgan fingerprint density at radius 2 is 1.84 bits per heavy atom. The van der Waals surface area contributed by atoms with Crippen molar-refractivity contribution >= 4 is 23.0 Å². The van der Waals surface area contributed by atoms with Gasteiger partial charge in [-0.25, -0.2) is 0 Å². The second-order valence-corrected chi connectivity index (χ2v) is 5.65. The molecular weight excluding hydrogens is 336 g/mol. The minimum absolute atomic E-state index is 0.539. The molecule has 2 aromatic rings. The van der Waals surface area contributed by atoms with Gasteiger partial charge < -0.3 is 24.8 Å². The first-order chi connectivity index (χ1) is 12.2. The second kappa shape index (κ2) is 9.74. The highest BCUT2D eigenvalue weighted by Crippen LogP contribution is 2.28. The summed E-state index contributed by atoms with van der Waals surface area (Å²) in [4.78, 5) is 0. The molecule has 0 aliphatic heterocycles. The lowest BCUT2D eigenvalue weighted by Crippen LogP contribution is -2.30. The number of methoxy groups -OCH3 is 2. The van der Waals surface area contributed by atoms with Gasteiger partial charge in [-0.1, -0.05) is 18.2 Å². The second-order valence-electron chi connectivity index (χ2n) is 5.24. The van der Waals surface area contributed by atoms with Crippen molar-refractivity contribution in [2.24, 2.45) is 0 Å². The van der Waals surface area contributed by atoms with E-state index in [1.807, 2.05) is 43.3 Å². The molecule has 2 aromatic carbocycles. The van der Waals surface area contributed by atoms with Crippen LogP contribution in [0.15, 0.2) is 42.5 Å². The van der Waals surface area contributed by atoms with E-state index in [-0.39, 0.29) is 0 Å². The van der Waals surface area contributed by atoms with E-state index in [4.69, 9.17) is 26.4 Å². The maximum absolute atomic E-state index is 5.64. The van der Waals surface area contributed by atoms with Crippen molar-refractivity contribution in [2.75, 3.05) is 32.7 Å². The van der Waals surface area contributed by atoms with Gasteiger partial charge in [0.1, 0.15) is 17.2 Å². The topological polar surface area (TPSA) is 51.8 Å². The van der Waals surface area contributed by atoms with Crippen molar-refractivity contribution in [1.29, 1.82) is 0 Å². The van der Waals surface area contributed by atoms with Crippen LogP contribution in [0, 0.1) is 0 Å². The molecule has 0 heterocycles. The summed E-state index contributed by atoms with van der Waals surface area (Å²) >= 11 is 5.36. The van der Waals surface area contributed by atoms with Crippen LogP contribution in [0.2, 0.25) is 0 Å².